The number of amides is 1. The number of rotatable bonds is 6. The second-order valence-electron chi connectivity index (χ2n) is 7.83. The topological polar surface area (TPSA) is 93.5 Å². The van der Waals surface area contributed by atoms with E-state index in [1.165, 1.54) is 17.5 Å². The Kier molecular flexibility index (Phi) is 6.20. The van der Waals surface area contributed by atoms with Crippen LogP contribution in [0.15, 0.2) is 47.3 Å². The van der Waals surface area contributed by atoms with Gasteiger partial charge in [0, 0.05) is 36.4 Å². The Bertz CT molecular complexity index is 1230. The van der Waals surface area contributed by atoms with Crippen LogP contribution in [0.4, 0.5) is 11.4 Å². The summed E-state index contributed by atoms with van der Waals surface area (Å²) in [6.45, 7) is 5.67. The maximum Gasteiger partial charge on any atom is 0.359 e. The first-order chi connectivity index (χ1) is 15.5. The van der Waals surface area contributed by atoms with Gasteiger partial charge >= 0.3 is 5.97 Å². The van der Waals surface area contributed by atoms with Crippen molar-refractivity contribution in [2.24, 2.45) is 0 Å². The van der Waals surface area contributed by atoms with Crippen LogP contribution >= 0.6 is 0 Å². The molecule has 1 N–H and O–H groups in total. The molecule has 166 valence electrons. The molecular formula is C24H26N4O4. The van der Waals surface area contributed by atoms with E-state index in [9.17, 15) is 14.4 Å². The first-order valence-electron chi connectivity index (χ1n) is 10.8. The minimum absolute atomic E-state index is 0.0148. The maximum atomic E-state index is 12.7. The molecule has 2 heterocycles. The van der Waals surface area contributed by atoms with Crippen LogP contribution in [0, 0.1) is 6.92 Å². The van der Waals surface area contributed by atoms with Crippen molar-refractivity contribution < 1.29 is 14.3 Å². The number of nitrogens with zero attached hydrogens (tertiary/aromatic N) is 3. The van der Waals surface area contributed by atoms with Crippen molar-refractivity contribution >= 4 is 34.0 Å². The molecule has 1 aliphatic rings. The Balaban J connectivity index is 1.44. The molecule has 1 aliphatic heterocycles. The van der Waals surface area contributed by atoms with Gasteiger partial charge in [-0.25, -0.2) is 9.48 Å². The van der Waals surface area contributed by atoms with Crippen molar-refractivity contribution in [2.75, 3.05) is 29.9 Å². The van der Waals surface area contributed by atoms with Gasteiger partial charge in [-0.2, -0.15) is 5.10 Å². The number of fused-ring (bicyclic) bond motifs is 1. The first kappa shape index (κ1) is 21.5. The van der Waals surface area contributed by atoms with Crippen molar-refractivity contribution in [1.82, 2.24) is 9.78 Å². The highest BCUT2D eigenvalue weighted by Gasteiger charge is 2.19. The molecule has 0 aliphatic carbocycles. The van der Waals surface area contributed by atoms with Gasteiger partial charge in [-0.05, 0) is 56.5 Å². The van der Waals surface area contributed by atoms with E-state index in [0.717, 1.165) is 24.3 Å². The summed E-state index contributed by atoms with van der Waals surface area (Å²) < 4.78 is 6.43. The van der Waals surface area contributed by atoms with Crippen LogP contribution in [0.2, 0.25) is 0 Å². The van der Waals surface area contributed by atoms with Gasteiger partial charge in [-0.3, -0.25) is 9.59 Å². The molecular weight excluding hydrogens is 408 g/mol. The number of ether oxygens (including phenoxy) is 1. The van der Waals surface area contributed by atoms with Gasteiger partial charge in [0.25, 0.3) is 11.5 Å². The lowest BCUT2D eigenvalue weighted by molar-refractivity contribution is -0.119. The van der Waals surface area contributed by atoms with Gasteiger partial charge < -0.3 is 15.0 Å². The molecule has 4 rings (SSSR count). The van der Waals surface area contributed by atoms with Crippen molar-refractivity contribution in [2.45, 2.75) is 33.2 Å². The summed E-state index contributed by atoms with van der Waals surface area (Å²) in [5.74, 6) is -1.19. The number of hydrogen-bond donors (Lipinski definition) is 1. The zero-order valence-corrected chi connectivity index (χ0v) is 18.3. The Morgan fingerprint density at radius 1 is 1.09 bits per heavy atom. The Morgan fingerprint density at radius 2 is 1.81 bits per heavy atom. The summed E-state index contributed by atoms with van der Waals surface area (Å²) in [6, 6.07) is 12.6. The lowest BCUT2D eigenvalue weighted by Crippen LogP contribution is -2.27. The molecule has 0 bridgehead atoms. The largest absolute Gasteiger partial charge is 0.451 e. The van der Waals surface area contributed by atoms with E-state index >= 15 is 0 Å². The zero-order valence-electron chi connectivity index (χ0n) is 18.3. The van der Waals surface area contributed by atoms with Gasteiger partial charge in [0.1, 0.15) is 0 Å². The van der Waals surface area contributed by atoms with Crippen LogP contribution in [0.3, 0.4) is 0 Å². The van der Waals surface area contributed by atoms with Gasteiger partial charge in [0.2, 0.25) is 0 Å². The predicted octanol–water partition coefficient (Wildman–Crippen LogP) is 3.12. The summed E-state index contributed by atoms with van der Waals surface area (Å²) in [5.41, 5.74) is 2.51. The molecule has 3 aromatic rings. The summed E-state index contributed by atoms with van der Waals surface area (Å²) in [6.07, 6.45) is 2.39. The molecule has 1 fully saturated rings. The van der Waals surface area contributed by atoms with Crippen molar-refractivity contribution in [3.63, 3.8) is 0 Å². The number of esters is 1. The van der Waals surface area contributed by atoms with Crippen LogP contribution < -0.4 is 15.8 Å². The number of carbonyl (C=O) groups is 2. The first-order valence-corrected chi connectivity index (χ1v) is 10.8. The minimum Gasteiger partial charge on any atom is -0.451 e. The Hall–Kier alpha value is -3.68. The highest BCUT2D eigenvalue weighted by molar-refractivity contribution is 6.03. The van der Waals surface area contributed by atoms with Crippen molar-refractivity contribution in [1.29, 1.82) is 0 Å². The number of carbonyl (C=O) groups excluding carboxylic acids is 2. The zero-order chi connectivity index (χ0) is 22.7. The number of aromatic nitrogens is 2. The van der Waals surface area contributed by atoms with Gasteiger partial charge in [-0.15, -0.1) is 0 Å². The molecule has 0 unspecified atom stereocenters. The highest BCUT2D eigenvalue weighted by atomic mass is 16.5. The summed E-state index contributed by atoms with van der Waals surface area (Å²) >= 11 is 0. The fraction of sp³-hybridized carbons (Fsp3) is 0.333. The van der Waals surface area contributed by atoms with E-state index in [1.807, 2.05) is 19.1 Å². The monoisotopic (exact) mass is 434 g/mol. The van der Waals surface area contributed by atoms with Gasteiger partial charge in [0.15, 0.2) is 12.3 Å². The van der Waals surface area contributed by atoms with Crippen LogP contribution in [0.1, 0.15) is 35.8 Å². The molecule has 1 aromatic heterocycles. The number of aryl methyl sites for hydroxylation is 2. The molecule has 2 aromatic carbocycles. The van der Waals surface area contributed by atoms with E-state index < -0.39 is 18.5 Å². The summed E-state index contributed by atoms with van der Waals surface area (Å²) in [4.78, 5) is 39.8. The van der Waals surface area contributed by atoms with E-state index in [0.29, 0.717) is 23.0 Å². The fourth-order valence-electron chi connectivity index (χ4n) is 3.95. The number of benzene rings is 2. The van der Waals surface area contributed by atoms with E-state index in [1.54, 1.807) is 31.2 Å². The van der Waals surface area contributed by atoms with Crippen LogP contribution in [-0.4, -0.2) is 41.4 Å². The van der Waals surface area contributed by atoms with Gasteiger partial charge in [0.05, 0.1) is 5.39 Å². The minimum atomic E-state index is -0.750. The molecule has 8 nitrogen and oxygen atoms in total. The van der Waals surface area contributed by atoms with Crippen LogP contribution in [0.5, 0.6) is 0 Å². The highest BCUT2D eigenvalue weighted by Crippen LogP contribution is 2.25. The predicted molar refractivity (Wildman–Crippen MR) is 123 cm³/mol. The second kappa shape index (κ2) is 9.21. The molecule has 1 amide bonds. The van der Waals surface area contributed by atoms with E-state index in [2.05, 4.69) is 21.4 Å². The van der Waals surface area contributed by atoms with Crippen molar-refractivity contribution in [3.05, 3.63) is 64.1 Å². The van der Waals surface area contributed by atoms with Crippen LogP contribution in [0.25, 0.3) is 10.8 Å². The average molecular weight is 434 g/mol. The normalized spacial score (nSPS) is 13.4. The molecule has 0 atom stereocenters. The molecule has 8 heteroatoms. The average Bonchev–Trinajstić information content (AvgIpc) is 3.34. The summed E-state index contributed by atoms with van der Waals surface area (Å²) in [5, 5.41) is 7.72. The maximum absolute atomic E-state index is 12.7. The molecule has 0 spiro atoms. The number of nitrogens with one attached hydrogen (secondary N) is 1. The fourth-order valence-corrected chi connectivity index (χ4v) is 3.95. The SMILES string of the molecule is CCn1nc(C(=O)OCC(=O)Nc2ccc(N3CCCC3)cc2C)c2ccccc2c1=O. The summed E-state index contributed by atoms with van der Waals surface area (Å²) in [7, 11) is 0. The number of hydrogen-bond acceptors (Lipinski definition) is 6. The second-order valence-corrected chi connectivity index (χ2v) is 7.83. The van der Waals surface area contributed by atoms with Crippen molar-refractivity contribution in [3.8, 4) is 0 Å². The lowest BCUT2D eigenvalue weighted by Gasteiger charge is -2.19. The third-order valence-electron chi connectivity index (χ3n) is 5.65. The van der Waals surface area contributed by atoms with Crippen LogP contribution in [-0.2, 0) is 16.1 Å². The van der Waals surface area contributed by atoms with E-state index in [-0.39, 0.29) is 11.3 Å². The Labute approximate surface area is 185 Å². The number of anilines is 2. The standard InChI is InChI=1S/C24H26N4O4/c1-3-28-23(30)19-9-5-4-8-18(19)22(26-28)24(31)32-15-21(29)25-20-11-10-17(14-16(20)2)27-12-6-7-13-27/h4-5,8-11,14H,3,6-7,12-13,15H2,1-2H3,(H,25,29). The molecule has 0 saturated carbocycles. The molecule has 32 heavy (non-hydrogen) atoms. The smallest absolute Gasteiger partial charge is 0.359 e. The quantitative estimate of drug-likeness (QED) is 0.599. The Morgan fingerprint density at radius 3 is 2.50 bits per heavy atom. The lowest BCUT2D eigenvalue weighted by atomic mass is 10.1. The van der Waals surface area contributed by atoms with Gasteiger partial charge in [-0.1, -0.05) is 18.2 Å². The molecule has 1 saturated heterocycles. The third-order valence-corrected chi connectivity index (χ3v) is 5.65. The third kappa shape index (κ3) is 4.34. The molecule has 0 radical (unpaired) electrons. The van der Waals surface area contributed by atoms with E-state index in [4.69, 9.17) is 4.74 Å².